The fraction of sp³-hybridized carbons (Fsp3) is 0.643. The van der Waals surface area contributed by atoms with Gasteiger partial charge in [0.1, 0.15) is 5.82 Å². The first-order chi connectivity index (χ1) is 10.3. The van der Waals surface area contributed by atoms with Crippen LogP contribution in [0.1, 0.15) is 49.7 Å². The van der Waals surface area contributed by atoms with Gasteiger partial charge in [0, 0.05) is 13.0 Å². The molecule has 0 atom stereocenters. The van der Waals surface area contributed by atoms with Gasteiger partial charge in [-0.15, -0.1) is 15.3 Å². The Labute approximate surface area is 124 Å². The first kappa shape index (κ1) is 13.9. The molecule has 21 heavy (non-hydrogen) atoms. The number of fused-ring (bicyclic) bond motifs is 1. The molecule has 3 heterocycles. The molecule has 7 nitrogen and oxygen atoms in total. The van der Waals surface area contributed by atoms with Gasteiger partial charge in [-0.05, 0) is 25.7 Å². The van der Waals surface area contributed by atoms with Gasteiger partial charge in [0.25, 0.3) is 0 Å². The molecule has 0 spiro atoms. The summed E-state index contributed by atoms with van der Waals surface area (Å²) in [7, 11) is 0. The van der Waals surface area contributed by atoms with Gasteiger partial charge in [0.05, 0.1) is 17.9 Å². The summed E-state index contributed by atoms with van der Waals surface area (Å²) in [6.45, 7) is 5.75. The van der Waals surface area contributed by atoms with Crippen molar-refractivity contribution >= 4 is 5.95 Å². The molecule has 0 bridgehead atoms. The lowest BCUT2D eigenvalue weighted by Crippen LogP contribution is -2.16. The van der Waals surface area contributed by atoms with E-state index in [0.717, 1.165) is 48.8 Å². The van der Waals surface area contributed by atoms with Gasteiger partial charge in [0.15, 0.2) is 5.82 Å². The Hall–Kier alpha value is -2.05. The van der Waals surface area contributed by atoms with Crippen LogP contribution in [-0.2, 0) is 32.4 Å². The van der Waals surface area contributed by atoms with Crippen molar-refractivity contribution in [1.29, 1.82) is 0 Å². The minimum absolute atomic E-state index is 0.567. The van der Waals surface area contributed by atoms with Gasteiger partial charge in [-0.1, -0.05) is 13.8 Å². The van der Waals surface area contributed by atoms with Crippen LogP contribution in [-0.4, -0.2) is 29.9 Å². The highest BCUT2D eigenvalue weighted by Crippen LogP contribution is 2.15. The number of aryl methyl sites for hydroxylation is 3. The van der Waals surface area contributed by atoms with Crippen LogP contribution in [0.2, 0.25) is 0 Å². The maximum absolute atomic E-state index is 4.53. The second-order valence-electron chi connectivity index (χ2n) is 5.23. The first-order valence-corrected chi connectivity index (χ1v) is 7.69. The van der Waals surface area contributed by atoms with E-state index in [1.54, 1.807) is 0 Å². The minimum Gasteiger partial charge on any atom is -0.346 e. The molecular weight excluding hydrogens is 266 g/mol. The minimum atomic E-state index is 0.567. The molecule has 1 aliphatic rings. The maximum atomic E-state index is 4.53. The maximum Gasteiger partial charge on any atom is 0.243 e. The molecule has 2 aromatic rings. The topological polar surface area (TPSA) is 81.4 Å². The lowest BCUT2D eigenvalue weighted by Gasteiger charge is -2.14. The van der Waals surface area contributed by atoms with Crippen LogP contribution in [0.5, 0.6) is 0 Å². The summed E-state index contributed by atoms with van der Waals surface area (Å²) in [6.07, 6.45) is 5.16. The SMILES string of the molecule is CCc1nnc(NCc2nnc3n2CCCC3)nc1CC. The van der Waals surface area contributed by atoms with Gasteiger partial charge in [-0.2, -0.15) is 5.10 Å². The van der Waals surface area contributed by atoms with Crippen molar-refractivity contribution in [1.82, 2.24) is 29.9 Å². The number of nitrogens with zero attached hydrogens (tertiary/aromatic N) is 6. The van der Waals surface area contributed by atoms with Crippen LogP contribution in [0.15, 0.2) is 0 Å². The zero-order valence-corrected chi connectivity index (χ0v) is 12.6. The van der Waals surface area contributed by atoms with E-state index in [9.17, 15) is 0 Å². The average molecular weight is 287 g/mol. The molecule has 2 aromatic heterocycles. The zero-order valence-electron chi connectivity index (χ0n) is 12.6. The molecule has 0 unspecified atom stereocenters. The molecule has 0 saturated carbocycles. The largest absolute Gasteiger partial charge is 0.346 e. The van der Waals surface area contributed by atoms with E-state index in [1.165, 1.54) is 12.8 Å². The van der Waals surface area contributed by atoms with Gasteiger partial charge >= 0.3 is 0 Å². The number of hydrogen-bond donors (Lipinski definition) is 1. The molecule has 7 heteroatoms. The monoisotopic (exact) mass is 287 g/mol. The fourth-order valence-electron chi connectivity index (χ4n) is 2.67. The molecule has 0 radical (unpaired) electrons. The molecular formula is C14H21N7. The Balaban J connectivity index is 1.71. The lowest BCUT2D eigenvalue weighted by atomic mass is 10.2. The number of rotatable bonds is 5. The molecule has 1 aliphatic heterocycles. The first-order valence-electron chi connectivity index (χ1n) is 7.69. The second-order valence-corrected chi connectivity index (χ2v) is 5.23. The third kappa shape index (κ3) is 2.86. The average Bonchev–Trinajstić information content (AvgIpc) is 2.96. The highest BCUT2D eigenvalue weighted by molar-refractivity contribution is 5.26. The van der Waals surface area contributed by atoms with E-state index >= 15 is 0 Å². The molecule has 0 aliphatic carbocycles. The van der Waals surface area contributed by atoms with E-state index < -0.39 is 0 Å². The lowest BCUT2D eigenvalue weighted by molar-refractivity contribution is 0.509. The standard InChI is InChI=1S/C14H21N7/c1-3-10-11(4-2)17-20-14(16-10)15-9-13-19-18-12-7-5-6-8-21(12)13/h3-9H2,1-2H3,(H,15,16,20). The smallest absolute Gasteiger partial charge is 0.243 e. The van der Waals surface area contributed by atoms with Crippen LogP contribution in [0.25, 0.3) is 0 Å². The van der Waals surface area contributed by atoms with Crippen LogP contribution in [0.3, 0.4) is 0 Å². The normalized spacial score (nSPS) is 14.0. The van der Waals surface area contributed by atoms with E-state index in [-0.39, 0.29) is 0 Å². The molecule has 0 amide bonds. The van der Waals surface area contributed by atoms with E-state index in [1.807, 2.05) is 0 Å². The van der Waals surface area contributed by atoms with Gasteiger partial charge < -0.3 is 9.88 Å². The summed E-state index contributed by atoms with van der Waals surface area (Å²) < 4.78 is 2.20. The van der Waals surface area contributed by atoms with Crippen LogP contribution in [0, 0.1) is 0 Å². The number of aromatic nitrogens is 6. The summed E-state index contributed by atoms with van der Waals surface area (Å²) in [5.74, 6) is 2.61. The highest BCUT2D eigenvalue weighted by Gasteiger charge is 2.15. The van der Waals surface area contributed by atoms with Crippen molar-refractivity contribution in [3.63, 3.8) is 0 Å². The van der Waals surface area contributed by atoms with Crippen molar-refractivity contribution in [2.75, 3.05) is 5.32 Å². The van der Waals surface area contributed by atoms with Crippen molar-refractivity contribution in [2.45, 2.75) is 59.0 Å². The van der Waals surface area contributed by atoms with Crippen molar-refractivity contribution in [3.05, 3.63) is 23.0 Å². The highest BCUT2D eigenvalue weighted by atomic mass is 15.3. The number of nitrogens with one attached hydrogen (secondary N) is 1. The summed E-state index contributed by atoms with van der Waals surface area (Å²) >= 11 is 0. The predicted octanol–water partition coefficient (Wildman–Crippen LogP) is 1.54. The molecule has 0 saturated heterocycles. The Morgan fingerprint density at radius 1 is 1.00 bits per heavy atom. The van der Waals surface area contributed by atoms with Crippen LogP contribution < -0.4 is 5.32 Å². The Kier molecular flexibility index (Phi) is 4.08. The Morgan fingerprint density at radius 3 is 2.67 bits per heavy atom. The van der Waals surface area contributed by atoms with Gasteiger partial charge in [-0.25, -0.2) is 4.98 Å². The molecule has 112 valence electrons. The third-order valence-corrected chi connectivity index (χ3v) is 3.85. The quantitative estimate of drug-likeness (QED) is 0.898. The molecule has 3 rings (SSSR count). The van der Waals surface area contributed by atoms with Crippen molar-refractivity contribution in [3.8, 4) is 0 Å². The van der Waals surface area contributed by atoms with Crippen LogP contribution >= 0.6 is 0 Å². The van der Waals surface area contributed by atoms with E-state index in [0.29, 0.717) is 12.5 Å². The predicted molar refractivity (Wildman–Crippen MR) is 78.9 cm³/mol. The zero-order chi connectivity index (χ0) is 14.7. The molecule has 0 fully saturated rings. The second kappa shape index (κ2) is 6.15. The summed E-state index contributed by atoms with van der Waals surface area (Å²) in [6, 6.07) is 0. The summed E-state index contributed by atoms with van der Waals surface area (Å²) in [5.41, 5.74) is 1.99. The van der Waals surface area contributed by atoms with Crippen molar-refractivity contribution < 1.29 is 0 Å². The van der Waals surface area contributed by atoms with Crippen LogP contribution in [0.4, 0.5) is 5.95 Å². The van der Waals surface area contributed by atoms with E-state index in [2.05, 4.69) is 49.1 Å². The number of anilines is 1. The summed E-state index contributed by atoms with van der Waals surface area (Å²) in [4.78, 5) is 4.53. The van der Waals surface area contributed by atoms with E-state index in [4.69, 9.17) is 0 Å². The van der Waals surface area contributed by atoms with Crippen molar-refractivity contribution in [2.24, 2.45) is 0 Å². The van der Waals surface area contributed by atoms with Gasteiger partial charge in [-0.3, -0.25) is 0 Å². The Bertz CT molecular complexity index is 620. The van der Waals surface area contributed by atoms with Gasteiger partial charge in [0.2, 0.25) is 5.95 Å². The number of hydrogen-bond acceptors (Lipinski definition) is 6. The Morgan fingerprint density at radius 2 is 1.86 bits per heavy atom. The molecule has 1 N–H and O–H groups in total. The third-order valence-electron chi connectivity index (χ3n) is 3.85. The summed E-state index contributed by atoms with van der Waals surface area (Å²) in [5, 5.41) is 20.1. The fourth-order valence-corrected chi connectivity index (χ4v) is 2.67. The molecule has 0 aromatic carbocycles.